The minimum Gasteiger partial charge on any atom is -0.281 e. The lowest BCUT2D eigenvalue weighted by Crippen LogP contribution is -2.33. The summed E-state index contributed by atoms with van der Waals surface area (Å²) >= 11 is 0. The molecule has 1 fully saturated rings. The van der Waals surface area contributed by atoms with Crippen molar-refractivity contribution in [2.24, 2.45) is 11.8 Å². The molecule has 19 heavy (non-hydrogen) atoms. The van der Waals surface area contributed by atoms with Crippen LogP contribution in [0.5, 0.6) is 0 Å². The fraction of sp³-hybridized carbons (Fsp3) is 0.769. The molecule has 2 atom stereocenters. The summed E-state index contributed by atoms with van der Waals surface area (Å²) < 4.78 is 27.4. The second-order valence-corrected chi connectivity index (χ2v) is 7.34. The number of aromatic amines is 1. The maximum Gasteiger partial charge on any atom is 0.244 e. The Kier molecular flexibility index (Phi) is 4.30. The molecule has 108 valence electrons. The molecule has 1 saturated carbocycles. The largest absolute Gasteiger partial charge is 0.281 e. The molecule has 0 saturated heterocycles. The van der Waals surface area contributed by atoms with Crippen molar-refractivity contribution >= 4 is 10.0 Å². The van der Waals surface area contributed by atoms with E-state index >= 15 is 0 Å². The van der Waals surface area contributed by atoms with Gasteiger partial charge in [-0.2, -0.15) is 5.10 Å². The molecule has 5 nitrogen and oxygen atoms in total. The molecule has 6 heteroatoms. The summed E-state index contributed by atoms with van der Waals surface area (Å²) in [7, 11) is -3.44. The second kappa shape index (κ2) is 5.63. The molecule has 1 aromatic heterocycles. The average Bonchev–Trinajstić information content (AvgIpc) is 2.69. The third-order valence-electron chi connectivity index (χ3n) is 4.15. The maximum atomic E-state index is 12.3. The van der Waals surface area contributed by atoms with Gasteiger partial charge >= 0.3 is 0 Å². The highest BCUT2D eigenvalue weighted by Gasteiger charge is 2.26. The molecule has 2 N–H and O–H groups in total. The van der Waals surface area contributed by atoms with Gasteiger partial charge < -0.3 is 0 Å². The van der Waals surface area contributed by atoms with Crippen LogP contribution in [-0.2, 0) is 10.0 Å². The first-order valence-corrected chi connectivity index (χ1v) is 8.41. The molecule has 1 aliphatic rings. The zero-order valence-corrected chi connectivity index (χ0v) is 12.7. The predicted octanol–water partition coefficient (Wildman–Crippen LogP) is 2.13. The van der Waals surface area contributed by atoms with E-state index in [1.165, 1.54) is 19.3 Å². The Morgan fingerprint density at radius 1 is 1.32 bits per heavy atom. The van der Waals surface area contributed by atoms with Gasteiger partial charge in [-0.05, 0) is 32.1 Å². The van der Waals surface area contributed by atoms with Crippen molar-refractivity contribution in [2.75, 3.05) is 6.54 Å². The number of nitrogens with one attached hydrogen (secondary N) is 2. The molecule has 1 aromatic rings. The van der Waals surface area contributed by atoms with Crippen molar-refractivity contribution < 1.29 is 8.42 Å². The van der Waals surface area contributed by atoms with Crippen LogP contribution >= 0.6 is 0 Å². The number of aryl methyl sites for hydroxylation is 2. The van der Waals surface area contributed by atoms with Crippen molar-refractivity contribution in [3.63, 3.8) is 0 Å². The maximum absolute atomic E-state index is 12.3. The topological polar surface area (TPSA) is 74.8 Å². The zero-order chi connectivity index (χ0) is 14.0. The summed E-state index contributed by atoms with van der Waals surface area (Å²) in [5.41, 5.74) is 1.13. The van der Waals surface area contributed by atoms with E-state index < -0.39 is 10.0 Å². The summed E-state index contributed by atoms with van der Waals surface area (Å²) in [6.45, 7) is 6.19. The van der Waals surface area contributed by atoms with Crippen molar-refractivity contribution in [1.82, 2.24) is 14.9 Å². The van der Waals surface area contributed by atoms with Gasteiger partial charge in [0.15, 0.2) is 0 Å². The van der Waals surface area contributed by atoms with Crippen LogP contribution < -0.4 is 4.72 Å². The number of sulfonamides is 1. The number of rotatable bonds is 4. The molecule has 1 aliphatic carbocycles. The highest BCUT2D eigenvalue weighted by atomic mass is 32.2. The van der Waals surface area contributed by atoms with Crippen molar-refractivity contribution in [2.45, 2.75) is 51.3 Å². The standard InChI is InChI=1S/C13H23N3O2S/c1-9-6-4-5-7-12(9)8-14-19(17,18)13-10(2)15-16-11(13)3/h9,12,14H,4-8H2,1-3H3,(H,15,16). The fourth-order valence-corrected chi connectivity index (χ4v) is 4.38. The Morgan fingerprint density at radius 3 is 2.58 bits per heavy atom. The molecule has 0 radical (unpaired) electrons. The lowest BCUT2D eigenvalue weighted by molar-refractivity contribution is 0.257. The van der Waals surface area contributed by atoms with Crippen LogP contribution in [0, 0.1) is 25.7 Å². The molecule has 0 aromatic carbocycles. The van der Waals surface area contributed by atoms with Crippen LogP contribution in [0.25, 0.3) is 0 Å². The predicted molar refractivity (Wildman–Crippen MR) is 74.4 cm³/mol. The minimum atomic E-state index is -3.44. The highest BCUT2D eigenvalue weighted by molar-refractivity contribution is 7.89. The normalized spacial score (nSPS) is 24.6. The van der Waals surface area contributed by atoms with E-state index in [4.69, 9.17) is 0 Å². The molecular weight excluding hydrogens is 262 g/mol. The third-order valence-corrected chi connectivity index (χ3v) is 5.84. The number of nitrogens with zero attached hydrogens (tertiary/aromatic N) is 1. The molecule has 0 spiro atoms. The van der Waals surface area contributed by atoms with E-state index in [-0.39, 0.29) is 0 Å². The first kappa shape index (κ1) is 14.5. The van der Waals surface area contributed by atoms with Gasteiger partial charge in [0, 0.05) is 6.54 Å². The molecule has 0 aliphatic heterocycles. The first-order chi connectivity index (χ1) is 8.92. The van der Waals surface area contributed by atoms with Gasteiger partial charge in [-0.3, -0.25) is 5.10 Å². The average molecular weight is 285 g/mol. The van der Waals surface area contributed by atoms with E-state index in [9.17, 15) is 8.42 Å². The Balaban J connectivity index is 2.06. The lowest BCUT2D eigenvalue weighted by atomic mass is 9.81. The fourth-order valence-electron chi connectivity index (χ4n) is 2.92. The quantitative estimate of drug-likeness (QED) is 0.890. The van der Waals surface area contributed by atoms with Gasteiger partial charge in [0.05, 0.1) is 11.4 Å². The summed E-state index contributed by atoms with van der Waals surface area (Å²) in [5, 5.41) is 6.67. The molecule has 0 amide bonds. The summed E-state index contributed by atoms with van der Waals surface area (Å²) in [6.07, 6.45) is 4.80. The van der Waals surface area contributed by atoms with E-state index in [0.717, 1.165) is 6.42 Å². The van der Waals surface area contributed by atoms with Crippen molar-refractivity contribution in [1.29, 1.82) is 0 Å². The molecule has 2 unspecified atom stereocenters. The molecule has 1 heterocycles. The van der Waals surface area contributed by atoms with Crippen LogP contribution in [0.2, 0.25) is 0 Å². The number of hydrogen-bond acceptors (Lipinski definition) is 3. The Bertz CT molecular complexity index is 517. The summed E-state index contributed by atoms with van der Waals surface area (Å²) in [6, 6.07) is 0. The van der Waals surface area contributed by atoms with Crippen LogP contribution in [0.4, 0.5) is 0 Å². The monoisotopic (exact) mass is 285 g/mol. The Labute approximate surface area is 115 Å². The smallest absolute Gasteiger partial charge is 0.244 e. The van der Waals surface area contributed by atoms with E-state index in [2.05, 4.69) is 21.8 Å². The summed E-state index contributed by atoms with van der Waals surface area (Å²) in [5.74, 6) is 1.05. The van der Waals surface area contributed by atoms with Gasteiger partial charge in [0.2, 0.25) is 10.0 Å². The van der Waals surface area contributed by atoms with Crippen LogP contribution in [0.3, 0.4) is 0 Å². The van der Waals surface area contributed by atoms with Crippen LogP contribution in [0.1, 0.15) is 44.0 Å². The van der Waals surface area contributed by atoms with Gasteiger partial charge in [-0.25, -0.2) is 13.1 Å². The van der Waals surface area contributed by atoms with Crippen molar-refractivity contribution in [3.05, 3.63) is 11.4 Å². The molecule has 0 bridgehead atoms. The Hall–Kier alpha value is -0.880. The third kappa shape index (κ3) is 3.17. The van der Waals surface area contributed by atoms with Gasteiger partial charge in [-0.1, -0.05) is 26.2 Å². The number of H-pyrrole nitrogens is 1. The molecule has 2 rings (SSSR count). The SMILES string of the molecule is Cc1n[nH]c(C)c1S(=O)(=O)NCC1CCCCC1C. The van der Waals surface area contributed by atoms with E-state index in [0.29, 0.717) is 34.7 Å². The summed E-state index contributed by atoms with van der Waals surface area (Å²) in [4.78, 5) is 0.302. The van der Waals surface area contributed by atoms with E-state index in [1.807, 2.05) is 0 Å². The minimum absolute atomic E-state index is 0.302. The van der Waals surface area contributed by atoms with Gasteiger partial charge in [-0.15, -0.1) is 0 Å². The van der Waals surface area contributed by atoms with Crippen LogP contribution in [-0.4, -0.2) is 25.2 Å². The van der Waals surface area contributed by atoms with Gasteiger partial charge in [0.1, 0.15) is 4.90 Å². The lowest BCUT2D eigenvalue weighted by Gasteiger charge is -2.28. The Morgan fingerprint density at radius 2 is 2.00 bits per heavy atom. The van der Waals surface area contributed by atoms with Crippen LogP contribution in [0.15, 0.2) is 4.90 Å². The van der Waals surface area contributed by atoms with Crippen molar-refractivity contribution in [3.8, 4) is 0 Å². The number of aromatic nitrogens is 2. The number of hydrogen-bond donors (Lipinski definition) is 2. The second-order valence-electron chi connectivity index (χ2n) is 5.64. The highest BCUT2D eigenvalue weighted by Crippen LogP contribution is 2.29. The molecular formula is C13H23N3O2S. The van der Waals surface area contributed by atoms with E-state index in [1.54, 1.807) is 13.8 Å². The zero-order valence-electron chi connectivity index (χ0n) is 11.9. The van der Waals surface area contributed by atoms with Gasteiger partial charge in [0.25, 0.3) is 0 Å². The first-order valence-electron chi connectivity index (χ1n) is 6.93.